The summed E-state index contributed by atoms with van der Waals surface area (Å²) in [6, 6.07) is 0. The summed E-state index contributed by atoms with van der Waals surface area (Å²) in [6.07, 6.45) is -1.85. The molecular formula is C4H9ClFO4P. The van der Waals surface area contributed by atoms with Gasteiger partial charge in [0.05, 0.1) is 5.88 Å². The summed E-state index contributed by atoms with van der Waals surface area (Å²) in [6.45, 7) is 0. The third kappa shape index (κ3) is 4.03. The first-order chi connectivity index (χ1) is 5.08. The van der Waals surface area contributed by atoms with E-state index in [1.165, 1.54) is 0 Å². The Morgan fingerprint density at radius 2 is 2.00 bits per heavy atom. The van der Waals surface area contributed by atoms with Gasteiger partial charge in [-0.2, -0.15) is 0 Å². The minimum absolute atomic E-state index is 0.420. The average molecular weight is 207 g/mol. The van der Waals surface area contributed by atoms with Crippen LogP contribution < -0.4 is 0 Å². The van der Waals surface area contributed by atoms with Crippen molar-refractivity contribution in [1.82, 2.24) is 0 Å². The zero-order valence-electron chi connectivity index (χ0n) is 6.12. The first kappa shape index (κ1) is 11.3. The molecule has 0 fully saturated rings. The summed E-state index contributed by atoms with van der Waals surface area (Å²) >= 11 is 5.04. The van der Waals surface area contributed by atoms with Gasteiger partial charge in [-0.05, 0) is 0 Å². The van der Waals surface area contributed by atoms with Gasteiger partial charge in [0.2, 0.25) is 6.36 Å². The fourth-order valence-corrected chi connectivity index (χ4v) is 1.16. The molecule has 0 saturated heterocycles. The number of phosphoric ester groups is 1. The summed E-state index contributed by atoms with van der Waals surface area (Å²) in [5.41, 5.74) is 0. The molecule has 0 rings (SSSR count). The normalized spacial score (nSPS) is 14.9. The summed E-state index contributed by atoms with van der Waals surface area (Å²) in [7, 11) is -1.54. The molecule has 0 aromatic carbocycles. The largest absolute Gasteiger partial charge is 0.476 e. The smallest absolute Gasteiger partial charge is 0.290 e. The van der Waals surface area contributed by atoms with Gasteiger partial charge in [0.1, 0.15) is 0 Å². The van der Waals surface area contributed by atoms with Crippen LogP contribution in [0.2, 0.25) is 0 Å². The molecule has 7 heteroatoms. The topological polar surface area (TPSA) is 44.8 Å². The Bertz CT molecular complexity index is 147. The van der Waals surface area contributed by atoms with Gasteiger partial charge >= 0.3 is 7.82 Å². The Labute approximate surface area is 69.2 Å². The molecular weight excluding hydrogens is 197 g/mol. The van der Waals surface area contributed by atoms with E-state index in [2.05, 4.69) is 13.6 Å². The van der Waals surface area contributed by atoms with Crippen molar-refractivity contribution >= 4 is 19.4 Å². The fourth-order valence-electron chi connectivity index (χ4n) is 0.329. The first-order valence-electron chi connectivity index (χ1n) is 2.68. The molecule has 0 radical (unpaired) electrons. The molecule has 0 amide bonds. The molecule has 11 heavy (non-hydrogen) atoms. The molecule has 68 valence electrons. The minimum atomic E-state index is -3.71. The average Bonchev–Trinajstić information content (AvgIpc) is 2.04. The molecule has 0 saturated carbocycles. The van der Waals surface area contributed by atoms with Gasteiger partial charge in [-0.15, -0.1) is 11.6 Å². The standard InChI is InChI=1S/C4H9ClFO4P/c1-8-11(7,9-2)10-4(6)3-5/h4H,3H2,1-2H3. The lowest BCUT2D eigenvalue weighted by Crippen LogP contribution is -2.07. The summed E-state index contributed by atoms with van der Waals surface area (Å²) in [5, 5.41) is 0. The van der Waals surface area contributed by atoms with Crippen molar-refractivity contribution in [3.05, 3.63) is 0 Å². The summed E-state index contributed by atoms with van der Waals surface area (Å²) < 4.78 is 36.0. The molecule has 0 heterocycles. The van der Waals surface area contributed by atoms with E-state index in [0.717, 1.165) is 14.2 Å². The third-order valence-electron chi connectivity index (χ3n) is 0.812. The van der Waals surface area contributed by atoms with E-state index < -0.39 is 20.1 Å². The predicted molar refractivity (Wildman–Crippen MR) is 38.3 cm³/mol. The van der Waals surface area contributed by atoms with E-state index in [1.807, 2.05) is 0 Å². The Morgan fingerprint density at radius 3 is 2.27 bits per heavy atom. The van der Waals surface area contributed by atoms with Crippen LogP contribution in [0, 0.1) is 0 Å². The molecule has 0 aromatic rings. The SMILES string of the molecule is COP(=O)(OC)OC(F)CCl. The highest BCUT2D eigenvalue weighted by atomic mass is 35.5. The molecule has 0 aliphatic rings. The Kier molecular flexibility index (Phi) is 5.21. The van der Waals surface area contributed by atoms with Crippen molar-refractivity contribution in [2.24, 2.45) is 0 Å². The molecule has 4 nitrogen and oxygen atoms in total. The van der Waals surface area contributed by atoms with E-state index in [4.69, 9.17) is 11.6 Å². The quantitative estimate of drug-likeness (QED) is 0.509. The second kappa shape index (κ2) is 5.06. The van der Waals surface area contributed by atoms with Crippen molar-refractivity contribution in [1.29, 1.82) is 0 Å². The second-order valence-electron chi connectivity index (χ2n) is 1.48. The van der Waals surface area contributed by atoms with Crippen molar-refractivity contribution in [3.8, 4) is 0 Å². The van der Waals surface area contributed by atoms with Crippen LogP contribution in [0.3, 0.4) is 0 Å². The van der Waals surface area contributed by atoms with Crippen LogP contribution >= 0.6 is 19.4 Å². The Morgan fingerprint density at radius 1 is 1.55 bits per heavy atom. The lowest BCUT2D eigenvalue weighted by Gasteiger charge is -2.14. The van der Waals surface area contributed by atoms with Gasteiger partial charge in [0.25, 0.3) is 0 Å². The molecule has 0 bridgehead atoms. The number of hydrogen-bond acceptors (Lipinski definition) is 4. The van der Waals surface area contributed by atoms with Gasteiger partial charge < -0.3 is 0 Å². The van der Waals surface area contributed by atoms with Gasteiger partial charge in [-0.1, -0.05) is 0 Å². The first-order valence-corrected chi connectivity index (χ1v) is 4.67. The molecule has 0 aliphatic heterocycles. The van der Waals surface area contributed by atoms with Crippen molar-refractivity contribution < 1.29 is 22.5 Å². The highest BCUT2D eigenvalue weighted by Gasteiger charge is 2.27. The van der Waals surface area contributed by atoms with Crippen LogP contribution in [0.15, 0.2) is 0 Å². The molecule has 1 atom stereocenters. The van der Waals surface area contributed by atoms with Gasteiger partial charge in [0, 0.05) is 14.2 Å². The molecule has 0 spiro atoms. The monoisotopic (exact) mass is 206 g/mol. The van der Waals surface area contributed by atoms with Crippen LogP contribution in [0.5, 0.6) is 0 Å². The highest BCUT2D eigenvalue weighted by molar-refractivity contribution is 7.48. The lowest BCUT2D eigenvalue weighted by molar-refractivity contribution is 0.0393. The number of hydrogen-bond donors (Lipinski definition) is 0. The van der Waals surface area contributed by atoms with Gasteiger partial charge in [0.15, 0.2) is 0 Å². The van der Waals surface area contributed by atoms with Crippen molar-refractivity contribution in [2.75, 3.05) is 20.1 Å². The number of phosphoric acid groups is 1. The van der Waals surface area contributed by atoms with Crippen molar-refractivity contribution in [2.45, 2.75) is 6.36 Å². The van der Waals surface area contributed by atoms with E-state index in [0.29, 0.717) is 0 Å². The van der Waals surface area contributed by atoms with Crippen LogP contribution in [-0.2, 0) is 18.1 Å². The third-order valence-corrected chi connectivity index (χ3v) is 2.44. The van der Waals surface area contributed by atoms with Crippen LogP contribution in [0.4, 0.5) is 4.39 Å². The van der Waals surface area contributed by atoms with Crippen molar-refractivity contribution in [3.63, 3.8) is 0 Å². The zero-order chi connectivity index (χ0) is 8.91. The maximum atomic E-state index is 12.3. The molecule has 0 aliphatic carbocycles. The number of halogens is 2. The lowest BCUT2D eigenvalue weighted by atomic mass is 10.8. The molecule has 1 unspecified atom stereocenters. The molecule has 0 aromatic heterocycles. The molecule has 0 N–H and O–H groups in total. The van der Waals surface area contributed by atoms with Crippen LogP contribution in [0.25, 0.3) is 0 Å². The van der Waals surface area contributed by atoms with E-state index in [-0.39, 0.29) is 0 Å². The van der Waals surface area contributed by atoms with E-state index >= 15 is 0 Å². The second-order valence-corrected chi connectivity index (χ2v) is 3.63. The Hall–Kier alpha value is 0.330. The predicted octanol–water partition coefficient (Wildman–Crippen LogP) is 1.94. The highest BCUT2D eigenvalue weighted by Crippen LogP contribution is 2.48. The van der Waals surface area contributed by atoms with E-state index in [9.17, 15) is 8.96 Å². The van der Waals surface area contributed by atoms with Crippen LogP contribution in [-0.4, -0.2) is 26.5 Å². The minimum Gasteiger partial charge on any atom is -0.290 e. The number of alkyl halides is 2. The number of rotatable bonds is 5. The summed E-state index contributed by atoms with van der Waals surface area (Å²) in [4.78, 5) is 0. The fraction of sp³-hybridized carbons (Fsp3) is 1.00. The van der Waals surface area contributed by atoms with Crippen LogP contribution in [0.1, 0.15) is 0 Å². The maximum Gasteiger partial charge on any atom is 0.476 e. The zero-order valence-corrected chi connectivity index (χ0v) is 7.77. The Balaban J connectivity index is 3.97. The maximum absolute atomic E-state index is 12.3. The van der Waals surface area contributed by atoms with Gasteiger partial charge in [-0.3, -0.25) is 13.6 Å². The van der Waals surface area contributed by atoms with Gasteiger partial charge in [-0.25, -0.2) is 8.96 Å². The van der Waals surface area contributed by atoms with E-state index in [1.54, 1.807) is 0 Å². The summed E-state index contributed by atoms with van der Waals surface area (Å²) in [5.74, 6) is -0.420.